The molecule has 0 radical (unpaired) electrons. The third kappa shape index (κ3) is 11.2. The molecule has 3 aromatic carbocycles. The van der Waals surface area contributed by atoms with Crippen molar-refractivity contribution in [2.45, 2.75) is 71.0 Å². The molecule has 1 aliphatic rings. The Hall–Kier alpha value is -5.11. The Balaban J connectivity index is 1.26. The Labute approximate surface area is 318 Å². The summed E-state index contributed by atoms with van der Waals surface area (Å²) in [6, 6.07) is 24.8. The van der Waals surface area contributed by atoms with Gasteiger partial charge in [0, 0.05) is 48.7 Å². The van der Waals surface area contributed by atoms with Gasteiger partial charge in [0.25, 0.3) is 5.91 Å². The molecule has 1 aromatic heterocycles. The molecule has 1 fully saturated rings. The number of anilines is 2. The van der Waals surface area contributed by atoms with E-state index >= 15 is 0 Å². The number of aromatic nitrogens is 1. The van der Waals surface area contributed by atoms with Gasteiger partial charge in [-0.1, -0.05) is 48.5 Å². The van der Waals surface area contributed by atoms with Crippen molar-refractivity contribution in [2.24, 2.45) is 5.92 Å². The van der Waals surface area contributed by atoms with Gasteiger partial charge in [-0.3, -0.25) is 23.7 Å². The third-order valence-electron chi connectivity index (χ3n) is 9.72. The predicted octanol–water partition coefficient (Wildman–Crippen LogP) is 5.27. The summed E-state index contributed by atoms with van der Waals surface area (Å²) in [5.41, 5.74) is 10.1. The van der Waals surface area contributed by atoms with Gasteiger partial charge in [0.1, 0.15) is 0 Å². The molecule has 12 nitrogen and oxygen atoms in total. The number of benzene rings is 3. The summed E-state index contributed by atoms with van der Waals surface area (Å²) in [5, 5.41) is 9.42. The first-order chi connectivity index (χ1) is 25.9. The van der Waals surface area contributed by atoms with Crippen LogP contribution in [0.15, 0.2) is 97.3 Å². The number of nitrogens with zero attached hydrogens (tertiary/aromatic N) is 2. The lowest BCUT2D eigenvalue weighted by molar-refractivity contribution is -0.123. The summed E-state index contributed by atoms with van der Waals surface area (Å²) in [6.07, 6.45) is 6.11. The summed E-state index contributed by atoms with van der Waals surface area (Å²) >= 11 is 0. The molecule has 286 valence electrons. The van der Waals surface area contributed by atoms with Crippen molar-refractivity contribution < 1.29 is 22.8 Å². The third-order valence-corrected chi connectivity index (χ3v) is 11.3. The minimum absolute atomic E-state index is 0.117. The van der Waals surface area contributed by atoms with E-state index in [1.54, 1.807) is 24.5 Å². The molecule has 4 atom stereocenters. The van der Waals surface area contributed by atoms with Crippen LogP contribution in [-0.4, -0.2) is 56.7 Å². The molecule has 1 saturated heterocycles. The van der Waals surface area contributed by atoms with Gasteiger partial charge in [-0.05, 0) is 112 Å². The highest BCUT2D eigenvalue weighted by Gasteiger charge is 2.28. The molecule has 0 spiro atoms. The maximum absolute atomic E-state index is 13.8. The second kappa shape index (κ2) is 18.8. The molecule has 4 aromatic rings. The zero-order chi connectivity index (χ0) is 38.7. The fourth-order valence-electron chi connectivity index (χ4n) is 6.49. The predicted molar refractivity (Wildman–Crippen MR) is 212 cm³/mol. The highest BCUT2D eigenvalue weighted by molar-refractivity contribution is 7.90. The second-order valence-corrected chi connectivity index (χ2v) is 15.7. The van der Waals surface area contributed by atoms with Crippen LogP contribution in [-0.2, 0) is 21.4 Å². The van der Waals surface area contributed by atoms with Crippen LogP contribution < -0.4 is 30.7 Å². The number of pyridine rings is 1. The average molecular weight is 754 g/mol. The zero-order valence-electron chi connectivity index (χ0n) is 31.1. The quantitative estimate of drug-likeness (QED) is 0.0716. The maximum atomic E-state index is 13.8. The Morgan fingerprint density at radius 1 is 0.889 bits per heavy atom. The second-order valence-electron chi connectivity index (χ2n) is 14.0. The van der Waals surface area contributed by atoms with E-state index in [-0.39, 0.29) is 59.5 Å². The summed E-state index contributed by atoms with van der Waals surface area (Å²) in [4.78, 5) is 44.5. The number of nitrogen functional groups attached to an aromatic ring is 1. The van der Waals surface area contributed by atoms with Gasteiger partial charge in [0.15, 0.2) is 5.78 Å². The normalized spacial score (nSPS) is 16.1. The van der Waals surface area contributed by atoms with E-state index in [2.05, 4.69) is 37.8 Å². The first-order valence-electron chi connectivity index (χ1n) is 18.5. The van der Waals surface area contributed by atoms with Crippen LogP contribution in [0, 0.1) is 5.92 Å². The first-order valence-corrected chi connectivity index (χ1v) is 19.9. The number of amides is 2. The lowest BCUT2D eigenvalue weighted by atomic mass is 9.92. The first kappa shape index (κ1) is 40.1. The molecular weight excluding hydrogens is 703 g/mol. The standard InChI is InChI=1S/C41H51N7O5S/c1-28(33-15-17-37(42)18-16-33)46-40(50)30(3)44-26-32(22-31-10-5-4-6-11-31)12-7-14-39(49)35-23-36(41(51)47-29(2)34-13-8-19-43-27-34)25-38(24-35)48-21-9-20-45-54(48,52)53/h4-6,8,10-11,13,15-19,23-25,27-30,32,44-45H,7,9,12,14,20-22,26,42H2,1-3H3,(H,46,50)(H,47,51)/t28-,29?,30+,32+/m1/s1. The number of ketones is 1. The van der Waals surface area contributed by atoms with E-state index in [4.69, 9.17) is 5.73 Å². The molecule has 6 N–H and O–H groups in total. The monoisotopic (exact) mass is 753 g/mol. The van der Waals surface area contributed by atoms with Crippen LogP contribution in [0.4, 0.5) is 11.4 Å². The van der Waals surface area contributed by atoms with Crippen LogP contribution in [0.25, 0.3) is 0 Å². The summed E-state index contributed by atoms with van der Waals surface area (Å²) in [6.45, 7) is 6.71. The van der Waals surface area contributed by atoms with Gasteiger partial charge in [0.05, 0.1) is 23.8 Å². The largest absolute Gasteiger partial charge is 0.399 e. The smallest absolute Gasteiger partial charge is 0.301 e. The fourth-order valence-corrected chi connectivity index (χ4v) is 7.80. The van der Waals surface area contributed by atoms with Gasteiger partial charge in [0.2, 0.25) is 5.91 Å². The van der Waals surface area contributed by atoms with Gasteiger partial charge in [-0.25, -0.2) is 0 Å². The van der Waals surface area contributed by atoms with Crippen LogP contribution in [0.2, 0.25) is 0 Å². The van der Waals surface area contributed by atoms with Crippen molar-refractivity contribution in [2.75, 3.05) is 29.7 Å². The van der Waals surface area contributed by atoms with Crippen molar-refractivity contribution in [1.82, 2.24) is 25.7 Å². The Morgan fingerprint density at radius 2 is 1.61 bits per heavy atom. The molecule has 5 rings (SSSR count). The molecule has 13 heteroatoms. The summed E-state index contributed by atoms with van der Waals surface area (Å²) in [5.74, 6) is -0.617. The Bertz CT molecular complexity index is 1980. The summed E-state index contributed by atoms with van der Waals surface area (Å²) < 4.78 is 29.7. The molecule has 1 aliphatic heterocycles. The molecule has 2 amide bonds. The molecule has 2 heterocycles. The number of carbonyl (C=O) groups excluding carboxylic acids is 3. The van der Waals surface area contributed by atoms with E-state index < -0.39 is 22.2 Å². The van der Waals surface area contributed by atoms with Crippen LogP contribution >= 0.6 is 0 Å². The number of hydrogen-bond donors (Lipinski definition) is 5. The highest BCUT2D eigenvalue weighted by atomic mass is 32.2. The zero-order valence-corrected chi connectivity index (χ0v) is 31.9. The molecule has 1 unspecified atom stereocenters. The fraction of sp³-hybridized carbons (Fsp3) is 0.366. The van der Waals surface area contributed by atoms with E-state index in [9.17, 15) is 22.8 Å². The van der Waals surface area contributed by atoms with Gasteiger partial charge in [-0.15, -0.1) is 0 Å². The van der Waals surface area contributed by atoms with E-state index in [1.165, 1.54) is 16.4 Å². The topological polar surface area (TPSA) is 176 Å². The molecule has 0 aliphatic carbocycles. The van der Waals surface area contributed by atoms with Gasteiger partial charge >= 0.3 is 10.2 Å². The average Bonchev–Trinajstić information content (AvgIpc) is 3.17. The number of nitrogens with one attached hydrogen (secondary N) is 4. The molecule has 0 saturated carbocycles. The minimum Gasteiger partial charge on any atom is -0.399 e. The van der Waals surface area contributed by atoms with Crippen LogP contribution in [0.5, 0.6) is 0 Å². The number of carbonyl (C=O) groups is 3. The Morgan fingerprint density at radius 3 is 2.31 bits per heavy atom. The van der Waals surface area contributed by atoms with Crippen molar-refractivity contribution in [3.8, 4) is 0 Å². The van der Waals surface area contributed by atoms with E-state index in [0.717, 1.165) is 23.1 Å². The van der Waals surface area contributed by atoms with Crippen molar-refractivity contribution in [3.05, 3.63) is 125 Å². The van der Waals surface area contributed by atoms with Crippen molar-refractivity contribution in [3.63, 3.8) is 0 Å². The van der Waals surface area contributed by atoms with E-state index in [0.29, 0.717) is 38.0 Å². The van der Waals surface area contributed by atoms with Gasteiger partial charge in [-0.2, -0.15) is 13.1 Å². The number of Topliss-reactive ketones (excluding diaryl/α,β-unsaturated/α-hetero) is 1. The van der Waals surface area contributed by atoms with Crippen LogP contribution in [0.3, 0.4) is 0 Å². The SMILES string of the molecule is CC(NC(=O)c1cc(C(=O)CCC[C@H](CN[C@@H](C)C(=O)N[C@H](C)c2ccc(N)cc2)Cc2ccccc2)cc(N2CCCNS2(=O)=O)c1)c1cccnc1. The number of nitrogens with two attached hydrogens (primary N) is 1. The van der Waals surface area contributed by atoms with E-state index in [1.807, 2.05) is 69.3 Å². The molecule has 54 heavy (non-hydrogen) atoms. The lowest BCUT2D eigenvalue weighted by Gasteiger charge is -2.29. The number of hydrogen-bond acceptors (Lipinski definition) is 8. The van der Waals surface area contributed by atoms with Gasteiger partial charge < -0.3 is 21.7 Å². The van der Waals surface area contributed by atoms with Crippen molar-refractivity contribution in [1.29, 1.82) is 0 Å². The molecular formula is C41H51N7O5S. The molecule has 0 bridgehead atoms. The lowest BCUT2D eigenvalue weighted by Crippen LogP contribution is -2.47. The maximum Gasteiger partial charge on any atom is 0.301 e. The minimum atomic E-state index is -3.84. The Kier molecular flexibility index (Phi) is 13.9. The highest BCUT2D eigenvalue weighted by Crippen LogP contribution is 2.26. The summed E-state index contributed by atoms with van der Waals surface area (Å²) in [7, 11) is -3.84. The van der Waals surface area contributed by atoms with Crippen molar-refractivity contribution >= 4 is 39.2 Å². The number of rotatable bonds is 17. The van der Waals surface area contributed by atoms with Crippen LogP contribution in [0.1, 0.15) is 95.9 Å².